The molecule has 1 atom stereocenters. The monoisotopic (exact) mass is 1120 g/mol. The average molecular weight is 1120 g/mol. The topological polar surface area (TPSA) is 78.9 Å². The fraction of sp³-hybridized carbons (Fsp3) is 0.824. The fourth-order valence-corrected chi connectivity index (χ4v) is 10.5. The standard InChI is InChI=1S/C74H134O6/c1-4-7-10-13-16-19-22-25-27-29-30-31-32-33-34-35-36-37-38-39-40-41-42-43-45-46-49-52-55-58-61-64-67-73(76)79-70-71(69-78-72(75)66-63-60-57-54-51-48-24-21-18-15-12-9-6-3)80-74(77)68-65-62-59-56-53-50-47-44-28-26-23-20-17-14-11-8-5-2/h8,11,17,20-21,24,26,28,47,50,71H,4-7,9-10,12-16,18-19,22-23,25,27,29-46,48-49,51-70H2,1-3H3/b11-8-,20-17-,24-21-,28-26-,50-47-. The van der Waals surface area contributed by atoms with Crippen molar-refractivity contribution >= 4 is 17.9 Å². The van der Waals surface area contributed by atoms with Crippen molar-refractivity contribution in [1.29, 1.82) is 0 Å². The molecule has 6 nitrogen and oxygen atoms in total. The first-order chi connectivity index (χ1) is 39.5. The molecule has 0 saturated carbocycles. The van der Waals surface area contributed by atoms with Gasteiger partial charge >= 0.3 is 17.9 Å². The largest absolute Gasteiger partial charge is 0.462 e. The summed E-state index contributed by atoms with van der Waals surface area (Å²) in [5, 5.41) is 0. The summed E-state index contributed by atoms with van der Waals surface area (Å²) in [4.78, 5) is 38.3. The molecule has 0 N–H and O–H groups in total. The molecule has 0 saturated heterocycles. The Morgan fingerprint density at radius 3 is 0.787 bits per heavy atom. The average Bonchev–Trinajstić information content (AvgIpc) is 3.46. The maximum absolute atomic E-state index is 12.9. The molecule has 0 aliphatic heterocycles. The quantitative estimate of drug-likeness (QED) is 0.0261. The number of carbonyl (C=O) groups excluding carboxylic acids is 3. The van der Waals surface area contributed by atoms with E-state index in [0.29, 0.717) is 19.3 Å². The van der Waals surface area contributed by atoms with Gasteiger partial charge in [0.1, 0.15) is 13.2 Å². The van der Waals surface area contributed by atoms with Crippen LogP contribution in [0.5, 0.6) is 0 Å². The third-order valence-corrected chi connectivity index (χ3v) is 15.8. The van der Waals surface area contributed by atoms with Crippen LogP contribution in [0.15, 0.2) is 60.8 Å². The van der Waals surface area contributed by atoms with Crippen LogP contribution in [0.2, 0.25) is 0 Å². The van der Waals surface area contributed by atoms with E-state index in [2.05, 4.69) is 81.5 Å². The Balaban J connectivity index is 4.14. The number of rotatable bonds is 65. The van der Waals surface area contributed by atoms with Crippen molar-refractivity contribution in [2.75, 3.05) is 13.2 Å². The third kappa shape index (κ3) is 65.9. The van der Waals surface area contributed by atoms with Gasteiger partial charge in [-0.2, -0.15) is 0 Å². The Kier molecular flexibility index (Phi) is 66.1. The molecule has 0 bridgehead atoms. The molecule has 0 aromatic carbocycles. The van der Waals surface area contributed by atoms with Crippen molar-refractivity contribution in [3.63, 3.8) is 0 Å². The number of carbonyl (C=O) groups is 3. The van der Waals surface area contributed by atoms with E-state index in [1.807, 2.05) is 0 Å². The first-order valence-corrected chi connectivity index (χ1v) is 35.3. The molecule has 0 aromatic rings. The van der Waals surface area contributed by atoms with Crippen molar-refractivity contribution in [3.05, 3.63) is 60.8 Å². The van der Waals surface area contributed by atoms with Crippen LogP contribution < -0.4 is 0 Å². The van der Waals surface area contributed by atoms with Crippen LogP contribution in [0.3, 0.4) is 0 Å². The summed E-state index contributed by atoms with van der Waals surface area (Å²) in [7, 11) is 0. The molecular weight excluding hydrogens is 985 g/mol. The van der Waals surface area contributed by atoms with Crippen molar-refractivity contribution in [3.8, 4) is 0 Å². The number of ether oxygens (including phenoxy) is 3. The van der Waals surface area contributed by atoms with Crippen LogP contribution >= 0.6 is 0 Å². The summed E-state index contributed by atoms with van der Waals surface area (Å²) < 4.78 is 16.9. The van der Waals surface area contributed by atoms with E-state index >= 15 is 0 Å². The highest BCUT2D eigenvalue weighted by Crippen LogP contribution is 2.18. The van der Waals surface area contributed by atoms with E-state index in [-0.39, 0.29) is 31.1 Å². The van der Waals surface area contributed by atoms with Gasteiger partial charge in [0.15, 0.2) is 6.10 Å². The molecule has 6 heteroatoms. The molecule has 0 fully saturated rings. The van der Waals surface area contributed by atoms with Gasteiger partial charge < -0.3 is 14.2 Å². The summed E-state index contributed by atoms with van der Waals surface area (Å²) in [5.41, 5.74) is 0. The van der Waals surface area contributed by atoms with Gasteiger partial charge in [0.25, 0.3) is 0 Å². The Labute approximate surface area is 498 Å². The van der Waals surface area contributed by atoms with E-state index in [0.717, 1.165) is 103 Å². The lowest BCUT2D eigenvalue weighted by Gasteiger charge is -2.18. The predicted octanol–water partition coefficient (Wildman–Crippen LogP) is 24.3. The maximum atomic E-state index is 12.9. The molecule has 0 aromatic heterocycles. The SMILES string of the molecule is CC/C=C\C/C=C\C/C=C\C/C=C\CCCCCCC(=O)OC(COC(=O)CCCCCCC/C=C\CCCCCC)COC(=O)CCCCCCCCCCCCCCCCCCCCCCCCCCCCCCCCCC. The number of hydrogen-bond acceptors (Lipinski definition) is 6. The molecule has 0 heterocycles. The minimum absolute atomic E-state index is 0.0838. The minimum Gasteiger partial charge on any atom is -0.462 e. The summed E-state index contributed by atoms with van der Waals surface area (Å²) in [5.74, 6) is -0.898. The van der Waals surface area contributed by atoms with Crippen LogP contribution in [0, 0.1) is 0 Å². The molecule has 0 aliphatic rings. The summed E-state index contributed by atoms with van der Waals surface area (Å²) >= 11 is 0. The van der Waals surface area contributed by atoms with Crippen LogP contribution in [-0.4, -0.2) is 37.2 Å². The highest BCUT2D eigenvalue weighted by Gasteiger charge is 2.19. The Hall–Kier alpha value is -2.89. The molecular formula is C74H134O6. The van der Waals surface area contributed by atoms with Gasteiger partial charge in [-0.05, 0) is 83.5 Å². The van der Waals surface area contributed by atoms with E-state index in [1.54, 1.807) is 0 Å². The van der Waals surface area contributed by atoms with Crippen LogP contribution in [0.4, 0.5) is 0 Å². The molecule has 0 aliphatic carbocycles. The van der Waals surface area contributed by atoms with Gasteiger partial charge in [-0.1, -0.05) is 332 Å². The molecule has 0 spiro atoms. The second-order valence-electron chi connectivity index (χ2n) is 23.8. The minimum atomic E-state index is -0.790. The van der Waals surface area contributed by atoms with Crippen LogP contribution in [-0.2, 0) is 28.6 Å². The predicted molar refractivity (Wildman–Crippen MR) is 348 cm³/mol. The number of esters is 3. The zero-order valence-electron chi connectivity index (χ0n) is 53.6. The summed E-state index contributed by atoms with van der Waals surface area (Å²) in [6.07, 6.45) is 88.4. The van der Waals surface area contributed by atoms with E-state index in [1.165, 1.54) is 231 Å². The van der Waals surface area contributed by atoms with Gasteiger partial charge in [-0.25, -0.2) is 0 Å². The summed E-state index contributed by atoms with van der Waals surface area (Å²) in [6, 6.07) is 0. The molecule has 466 valence electrons. The van der Waals surface area contributed by atoms with Gasteiger partial charge in [-0.15, -0.1) is 0 Å². The maximum Gasteiger partial charge on any atom is 0.306 e. The van der Waals surface area contributed by atoms with Gasteiger partial charge in [0, 0.05) is 19.3 Å². The highest BCUT2D eigenvalue weighted by molar-refractivity contribution is 5.71. The Morgan fingerprint density at radius 2 is 0.487 bits per heavy atom. The zero-order chi connectivity index (χ0) is 57.8. The van der Waals surface area contributed by atoms with E-state index < -0.39 is 6.10 Å². The van der Waals surface area contributed by atoms with Crippen LogP contribution in [0.1, 0.15) is 374 Å². The second kappa shape index (κ2) is 68.6. The third-order valence-electron chi connectivity index (χ3n) is 15.8. The lowest BCUT2D eigenvalue weighted by Crippen LogP contribution is -2.30. The van der Waals surface area contributed by atoms with Gasteiger partial charge in [-0.3, -0.25) is 14.4 Å². The van der Waals surface area contributed by atoms with E-state index in [9.17, 15) is 14.4 Å². The number of hydrogen-bond donors (Lipinski definition) is 0. The molecule has 0 rings (SSSR count). The van der Waals surface area contributed by atoms with Crippen molar-refractivity contribution in [1.82, 2.24) is 0 Å². The lowest BCUT2D eigenvalue weighted by atomic mass is 10.0. The molecule has 1 unspecified atom stereocenters. The zero-order valence-corrected chi connectivity index (χ0v) is 53.6. The van der Waals surface area contributed by atoms with Crippen molar-refractivity contribution < 1.29 is 28.6 Å². The number of allylic oxidation sites excluding steroid dienone is 10. The first-order valence-electron chi connectivity index (χ1n) is 35.3. The normalized spacial score (nSPS) is 12.4. The van der Waals surface area contributed by atoms with Crippen molar-refractivity contribution in [2.45, 2.75) is 380 Å². The van der Waals surface area contributed by atoms with Gasteiger partial charge in [0.05, 0.1) is 0 Å². The molecule has 0 amide bonds. The van der Waals surface area contributed by atoms with Crippen molar-refractivity contribution in [2.24, 2.45) is 0 Å². The number of unbranched alkanes of at least 4 members (excludes halogenated alkanes) is 44. The van der Waals surface area contributed by atoms with Crippen LogP contribution in [0.25, 0.3) is 0 Å². The smallest absolute Gasteiger partial charge is 0.306 e. The second-order valence-corrected chi connectivity index (χ2v) is 23.8. The first kappa shape index (κ1) is 77.1. The molecule has 80 heavy (non-hydrogen) atoms. The fourth-order valence-electron chi connectivity index (χ4n) is 10.5. The molecule has 0 radical (unpaired) electrons. The Bertz CT molecular complexity index is 1430. The Morgan fingerprint density at radius 1 is 0.263 bits per heavy atom. The van der Waals surface area contributed by atoms with E-state index in [4.69, 9.17) is 14.2 Å². The highest BCUT2D eigenvalue weighted by atomic mass is 16.6. The van der Waals surface area contributed by atoms with Gasteiger partial charge in [0.2, 0.25) is 0 Å². The lowest BCUT2D eigenvalue weighted by molar-refractivity contribution is -0.167. The summed E-state index contributed by atoms with van der Waals surface area (Å²) in [6.45, 7) is 6.54.